The fourth-order valence-electron chi connectivity index (χ4n) is 2.58. The number of rotatable bonds is 2. The molecule has 0 radical (unpaired) electrons. The molecule has 0 atom stereocenters. The van der Waals surface area contributed by atoms with Gasteiger partial charge in [-0.15, -0.1) is 0 Å². The highest BCUT2D eigenvalue weighted by Crippen LogP contribution is 2.35. The number of nitrogens with zero attached hydrogens (tertiary/aromatic N) is 3. The molecule has 0 unspecified atom stereocenters. The summed E-state index contributed by atoms with van der Waals surface area (Å²) in [4.78, 5) is 13.7. The van der Waals surface area contributed by atoms with Gasteiger partial charge in [0.25, 0.3) is 0 Å². The number of thioether (sulfide) groups is 1. The molecule has 0 spiro atoms. The lowest BCUT2D eigenvalue weighted by Gasteiger charge is -2.10. The molecule has 0 saturated heterocycles. The summed E-state index contributed by atoms with van der Waals surface area (Å²) in [6.45, 7) is 0. The van der Waals surface area contributed by atoms with Gasteiger partial charge in [0.15, 0.2) is 5.82 Å². The molecule has 0 saturated carbocycles. The van der Waals surface area contributed by atoms with Gasteiger partial charge in [-0.1, -0.05) is 18.2 Å². The number of nitrogen functional groups attached to an aromatic ring is 1. The maximum Gasteiger partial charge on any atom is 0.162 e. The molecule has 1 aromatic carbocycles. The highest BCUT2D eigenvalue weighted by molar-refractivity contribution is 7.98. The van der Waals surface area contributed by atoms with Crippen LogP contribution >= 0.6 is 11.8 Å². The first-order valence-corrected chi connectivity index (χ1v) is 7.80. The molecule has 21 heavy (non-hydrogen) atoms. The molecule has 5 nitrogen and oxygen atoms in total. The number of anilines is 1. The lowest BCUT2D eigenvalue weighted by molar-refractivity contribution is 1.06. The van der Waals surface area contributed by atoms with E-state index in [4.69, 9.17) is 10.8 Å². The van der Waals surface area contributed by atoms with Crippen LogP contribution in [0.2, 0.25) is 0 Å². The van der Waals surface area contributed by atoms with Crippen molar-refractivity contribution in [3.8, 4) is 11.4 Å². The molecule has 2 aromatic heterocycles. The van der Waals surface area contributed by atoms with E-state index < -0.39 is 0 Å². The Labute approximate surface area is 126 Å². The third-order valence-corrected chi connectivity index (χ3v) is 4.57. The van der Waals surface area contributed by atoms with E-state index in [1.807, 2.05) is 42.1 Å². The van der Waals surface area contributed by atoms with Crippen LogP contribution in [0.15, 0.2) is 36.5 Å². The molecule has 104 valence electrons. The number of fused-ring (bicyclic) bond motifs is 2. The summed E-state index contributed by atoms with van der Waals surface area (Å²) in [7, 11) is 0. The van der Waals surface area contributed by atoms with Gasteiger partial charge in [-0.05, 0) is 12.1 Å². The topological polar surface area (TPSA) is 76.7 Å². The quantitative estimate of drug-likeness (QED) is 0.559. The Balaban J connectivity index is 1.97. The second kappa shape index (κ2) is 4.98. The van der Waals surface area contributed by atoms with E-state index in [1.165, 1.54) is 0 Å². The Morgan fingerprint density at radius 3 is 2.90 bits per heavy atom. The maximum atomic E-state index is 5.62. The average Bonchev–Trinajstić information content (AvgIpc) is 3.02. The molecule has 0 amide bonds. The highest BCUT2D eigenvalue weighted by atomic mass is 32.2. The van der Waals surface area contributed by atoms with Crippen molar-refractivity contribution < 1.29 is 0 Å². The van der Waals surface area contributed by atoms with Crippen LogP contribution in [-0.2, 0) is 11.5 Å². The van der Waals surface area contributed by atoms with Crippen LogP contribution in [0.1, 0.15) is 11.3 Å². The van der Waals surface area contributed by atoms with E-state index in [0.29, 0.717) is 5.82 Å². The first-order valence-electron chi connectivity index (χ1n) is 6.65. The van der Waals surface area contributed by atoms with Crippen molar-refractivity contribution in [1.29, 1.82) is 0 Å². The average molecular weight is 295 g/mol. The van der Waals surface area contributed by atoms with Crippen molar-refractivity contribution >= 4 is 28.5 Å². The molecular weight excluding hydrogens is 282 g/mol. The Kier molecular flexibility index (Phi) is 2.98. The molecule has 1 aliphatic rings. The summed E-state index contributed by atoms with van der Waals surface area (Å²) in [6.07, 6.45) is 1.79. The first-order chi connectivity index (χ1) is 10.4. The van der Waals surface area contributed by atoms with Gasteiger partial charge < -0.3 is 5.43 Å². The molecule has 3 N–H and O–H groups in total. The van der Waals surface area contributed by atoms with Crippen molar-refractivity contribution in [2.45, 2.75) is 11.5 Å². The monoisotopic (exact) mass is 295 g/mol. The van der Waals surface area contributed by atoms with Gasteiger partial charge in [0, 0.05) is 34.2 Å². The number of nitrogens with two attached hydrogens (primary N) is 1. The Morgan fingerprint density at radius 1 is 1.10 bits per heavy atom. The SMILES string of the molecule is NNc1nc(-c2ccnc3ccccc23)nc2c1CSC2. The number of benzene rings is 1. The summed E-state index contributed by atoms with van der Waals surface area (Å²) in [6, 6.07) is 9.96. The van der Waals surface area contributed by atoms with Gasteiger partial charge in [0.2, 0.25) is 0 Å². The number of pyridine rings is 1. The largest absolute Gasteiger partial charge is 0.308 e. The minimum atomic E-state index is 0.697. The molecule has 6 heteroatoms. The van der Waals surface area contributed by atoms with E-state index in [1.54, 1.807) is 6.20 Å². The van der Waals surface area contributed by atoms with Crippen molar-refractivity contribution in [2.75, 3.05) is 5.43 Å². The molecule has 3 aromatic rings. The number of para-hydroxylation sites is 1. The number of nitrogens with one attached hydrogen (secondary N) is 1. The van der Waals surface area contributed by atoms with E-state index in [0.717, 1.165) is 45.0 Å². The number of hydrazine groups is 1. The third-order valence-electron chi connectivity index (χ3n) is 3.60. The first kappa shape index (κ1) is 12.6. The zero-order chi connectivity index (χ0) is 14.2. The lowest BCUT2D eigenvalue weighted by atomic mass is 10.1. The Hall–Kier alpha value is -2.18. The molecule has 0 aliphatic carbocycles. The summed E-state index contributed by atoms with van der Waals surface area (Å²) < 4.78 is 0. The van der Waals surface area contributed by atoms with E-state index >= 15 is 0 Å². The van der Waals surface area contributed by atoms with Gasteiger partial charge in [0.05, 0.1) is 11.2 Å². The van der Waals surface area contributed by atoms with Gasteiger partial charge in [-0.3, -0.25) is 4.98 Å². The molecule has 0 fully saturated rings. The fourth-order valence-corrected chi connectivity index (χ4v) is 3.62. The van der Waals surface area contributed by atoms with Gasteiger partial charge in [0.1, 0.15) is 5.82 Å². The molecule has 1 aliphatic heterocycles. The smallest absolute Gasteiger partial charge is 0.162 e. The summed E-state index contributed by atoms with van der Waals surface area (Å²) in [5.41, 5.74) is 6.81. The predicted molar refractivity (Wildman–Crippen MR) is 85.6 cm³/mol. The van der Waals surface area contributed by atoms with Crippen LogP contribution in [-0.4, -0.2) is 15.0 Å². The molecule has 0 bridgehead atoms. The number of hydrogen-bond donors (Lipinski definition) is 2. The van der Waals surface area contributed by atoms with Crippen molar-refractivity contribution in [3.05, 3.63) is 47.8 Å². The van der Waals surface area contributed by atoms with Gasteiger partial charge >= 0.3 is 0 Å². The highest BCUT2D eigenvalue weighted by Gasteiger charge is 2.20. The second-order valence-electron chi connectivity index (χ2n) is 4.83. The normalized spacial score (nSPS) is 13.4. The van der Waals surface area contributed by atoms with Crippen molar-refractivity contribution in [2.24, 2.45) is 5.84 Å². The van der Waals surface area contributed by atoms with Crippen LogP contribution in [0.3, 0.4) is 0 Å². The summed E-state index contributed by atoms with van der Waals surface area (Å²) in [5, 5.41) is 1.05. The number of aromatic nitrogens is 3. The van der Waals surface area contributed by atoms with Crippen molar-refractivity contribution in [3.63, 3.8) is 0 Å². The molecular formula is C15H13N5S. The van der Waals surface area contributed by atoms with Crippen LogP contribution < -0.4 is 11.3 Å². The zero-order valence-electron chi connectivity index (χ0n) is 11.2. The van der Waals surface area contributed by atoms with Crippen LogP contribution in [0.5, 0.6) is 0 Å². The second-order valence-corrected chi connectivity index (χ2v) is 5.82. The standard InChI is InChI=1S/C15H13N5S/c16-20-15-11-7-21-8-13(11)18-14(19-15)10-5-6-17-12-4-2-1-3-9(10)12/h1-6H,7-8,16H2,(H,18,19,20). The third kappa shape index (κ3) is 2.03. The molecule has 3 heterocycles. The summed E-state index contributed by atoms with van der Waals surface area (Å²) >= 11 is 1.83. The molecule has 4 rings (SSSR count). The van der Waals surface area contributed by atoms with Gasteiger partial charge in [-0.25, -0.2) is 15.8 Å². The number of hydrogen-bond acceptors (Lipinski definition) is 6. The van der Waals surface area contributed by atoms with Crippen LogP contribution in [0.25, 0.3) is 22.3 Å². The summed E-state index contributed by atoms with van der Waals surface area (Å²) in [5.74, 6) is 8.85. The van der Waals surface area contributed by atoms with Crippen LogP contribution in [0.4, 0.5) is 5.82 Å². The lowest BCUT2D eigenvalue weighted by Crippen LogP contribution is -2.12. The fraction of sp³-hybridized carbons (Fsp3) is 0.133. The van der Waals surface area contributed by atoms with E-state index in [9.17, 15) is 0 Å². The van der Waals surface area contributed by atoms with Crippen LogP contribution in [0, 0.1) is 0 Å². The zero-order valence-corrected chi connectivity index (χ0v) is 12.0. The minimum absolute atomic E-state index is 0.697. The maximum absolute atomic E-state index is 5.62. The Morgan fingerprint density at radius 2 is 2.00 bits per heavy atom. The minimum Gasteiger partial charge on any atom is -0.308 e. The predicted octanol–water partition coefficient (Wildman–Crippen LogP) is 2.72. The van der Waals surface area contributed by atoms with E-state index in [2.05, 4.69) is 15.4 Å². The van der Waals surface area contributed by atoms with Gasteiger partial charge in [-0.2, -0.15) is 11.8 Å². The Bertz CT molecular complexity index is 828. The van der Waals surface area contributed by atoms with Crippen molar-refractivity contribution in [1.82, 2.24) is 15.0 Å². The van der Waals surface area contributed by atoms with E-state index in [-0.39, 0.29) is 0 Å².